The van der Waals surface area contributed by atoms with Crippen molar-refractivity contribution < 1.29 is 0 Å². The summed E-state index contributed by atoms with van der Waals surface area (Å²) in [6.45, 7) is 9.36. The molecule has 1 N–H and O–H groups in total. The van der Waals surface area contributed by atoms with Gasteiger partial charge in [0.05, 0.1) is 0 Å². The molecule has 0 atom stereocenters. The predicted octanol–water partition coefficient (Wildman–Crippen LogP) is 4.47. The molecule has 3 heterocycles. The van der Waals surface area contributed by atoms with Crippen LogP contribution < -0.4 is 5.32 Å². The molecule has 134 valence electrons. The number of hydrogen-bond donors (Lipinski definition) is 1. The molecule has 0 bridgehead atoms. The van der Waals surface area contributed by atoms with Crippen molar-refractivity contribution in [1.82, 2.24) is 20.1 Å². The van der Waals surface area contributed by atoms with Crippen molar-refractivity contribution in [1.29, 1.82) is 0 Å². The molecule has 0 amide bonds. The third-order valence-corrected chi connectivity index (χ3v) is 5.55. The van der Waals surface area contributed by atoms with E-state index in [1.54, 1.807) is 11.3 Å². The van der Waals surface area contributed by atoms with E-state index in [1.807, 2.05) is 13.1 Å². The van der Waals surface area contributed by atoms with Gasteiger partial charge in [0.25, 0.3) is 0 Å². The van der Waals surface area contributed by atoms with Gasteiger partial charge >= 0.3 is 0 Å². The Labute approximate surface area is 157 Å². The molecule has 1 aliphatic heterocycles. The fraction of sp³-hybridized carbons (Fsp3) is 0.350. The van der Waals surface area contributed by atoms with Gasteiger partial charge in [0.15, 0.2) is 0 Å². The van der Waals surface area contributed by atoms with E-state index in [9.17, 15) is 0 Å². The highest BCUT2D eigenvalue weighted by Crippen LogP contribution is 2.27. The van der Waals surface area contributed by atoms with Crippen LogP contribution in [-0.4, -0.2) is 39.7 Å². The first-order chi connectivity index (χ1) is 12.7. The summed E-state index contributed by atoms with van der Waals surface area (Å²) in [6.07, 6.45) is 5.82. The number of aryl methyl sites for hydroxylation is 1. The molecular weight excluding hydrogens is 342 g/mol. The van der Waals surface area contributed by atoms with E-state index in [-0.39, 0.29) is 0 Å². The normalized spacial score (nSPS) is 15.3. The molecule has 1 aliphatic rings. The number of nitrogens with zero attached hydrogens (tertiary/aromatic N) is 4. The SMILES string of the molecule is C=C(CN1CCCCC1)Nc1cc2cc(-c3nnc(C)s3)ccc2cn1. The Morgan fingerprint density at radius 1 is 1.15 bits per heavy atom. The third-order valence-electron chi connectivity index (χ3n) is 4.66. The van der Waals surface area contributed by atoms with Crippen LogP contribution >= 0.6 is 11.3 Å². The summed E-state index contributed by atoms with van der Waals surface area (Å²) in [5.74, 6) is 0.838. The van der Waals surface area contributed by atoms with E-state index in [2.05, 4.69) is 56.2 Å². The molecule has 5 nitrogen and oxygen atoms in total. The highest BCUT2D eigenvalue weighted by atomic mass is 32.1. The molecule has 0 spiro atoms. The maximum atomic E-state index is 4.53. The molecule has 2 aromatic heterocycles. The van der Waals surface area contributed by atoms with Crippen molar-refractivity contribution in [2.24, 2.45) is 0 Å². The van der Waals surface area contributed by atoms with Crippen molar-refractivity contribution >= 4 is 27.9 Å². The van der Waals surface area contributed by atoms with E-state index < -0.39 is 0 Å². The van der Waals surface area contributed by atoms with Crippen molar-refractivity contribution in [3.8, 4) is 10.6 Å². The van der Waals surface area contributed by atoms with E-state index in [0.29, 0.717) is 0 Å². The minimum atomic E-state index is 0.838. The molecule has 26 heavy (non-hydrogen) atoms. The van der Waals surface area contributed by atoms with Gasteiger partial charge < -0.3 is 5.32 Å². The lowest BCUT2D eigenvalue weighted by Gasteiger charge is -2.27. The number of rotatable bonds is 5. The lowest BCUT2D eigenvalue weighted by Crippen LogP contribution is -2.32. The van der Waals surface area contributed by atoms with Crippen molar-refractivity contribution in [2.75, 3.05) is 25.0 Å². The number of benzene rings is 1. The summed E-state index contributed by atoms with van der Waals surface area (Å²) >= 11 is 1.61. The molecular formula is C20H23N5S. The maximum absolute atomic E-state index is 4.53. The first-order valence-electron chi connectivity index (χ1n) is 9.05. The third kappa shape index (κ3) is 3.92. The fourth-order valence-electron chi connectivity index (χ4n) is 3.36. The van der Waals surface area contributed by atoms with Crippen LogP contribution in [0.5, 0.6) is 0 Å². The maximum Gasteiger partial charge on any atom is 0.147 e. The van der Waals surface area contributed by atoms with Gasteiger partial charge in [-0.25, -0.2) is 4.98 Å². The number of piperidine rings is 1. The van der Waals surface area contributed by atoms with Gasteiger partial charge in [-0.1, -0.05) is 36.5 Å². The van der Waals surface area contributed by atoms with Gasteiger partial charge in [-0.3, -0.25) is 4.90 Å². The highest BCUT2D eigenvalue weighted by molar-refractivity contribution is 7.14. The summed E-state index contributed by atoms with van der Waals surface area (Å²) in [7, 11) is 0. The van der Waals surface area contributed by atoms with E-state index in [4.69, 9.17) is 0 Å². The van der Waals surface area contributed by atoms with Crippen LogP contribution in [-0.2, 0) is 0 Å². The molecule has 0 radical (unpaired) electrons. The van der Waals surface area contributed by atoms with Gasteiger partial charge in [-0.2, -0.15) is 0 Å². The number of likely N-dealkylation sites (tertiary alicyclic amines) is 1. The van der Waals surface area contributed by atoms with Crippen LogP contribution in [0.3, 0.4) is 0 Å². The topological polar surface area (TPSA) is 53.9 Å². The first kappa shape index (κ1) is 17.1. The molecule has 0 aliphatic carbocycles. The standard InChI is InChI=1S/C20H23N5S/c1-14(13-25-8-4-3-5-9-25)22-19-11-18-10-16(6-7-17(18)12-21-19)20-24-23-15(2)26-20/h6-7,10-12H,1,3-5,8-9,13H2,2H3,(H,21,22). The van der Waals surface area contributed by atoms with E-state index in [0.717, 1.165) is 57.5 Å². The first-order valence-corrected chi connectivity index (χ1v) is 9.86. The van der Waals surface area contributed by atoms with Crippen molar-refractivity contribution in [2.45, 2.75) is 26.2 Å². The molecule has 1 aromatic carbocycles. The molecule has 0 unspecified atom stereocenters. The average Bonchev–Trinajstić information content (AvgIpc) is 3.08. The van der Waals surface area contributed by atoms with E-state index >= 15 is 0 Å². The number of hydrogen-bond acceptors (Lipinski definition) is 6. The van der Waals surface area contributed by atoms with Crippen molar-refractivity contribution in [3.63, 3.8) is 0 Å². The highest BCUT2D eigenvalue weighted by Gasteiger charge is 2.11. The van der Waals surface area contributed by atoms with Crippen LogP contribution in [0.4, 0.5) is 5.82 Å². The van der Waals surface area contributed by atoms with Crippen LogP contribution in [0.25, 0.3) is 21.3 Å². The Morgan fingerprint density at radius 3 is 2.77 bits per heavy atom. The summed E-state index contributed by atoms with van der Waals surface area (Å²) in [5.41, 5.74) is 2.09. The minimum absolute atomic E-state index is 0.838. The Hall–Kier alpha value is -2.31. The smallest absolute Gasteiger partial charge is 0.147 e. The van der Waals surface area contributed by atoms with Gasteiger partial charge in [-0.05, 0) is 50.4 Å². The molecule has 0 saturated carbocycles. The average molecular weight is 366 g/mol. The second kappa shape index (κ2) is 7.51. The lowest BCUT2D eigenvalue weighted by atomic mass is 10.1. The number of nitrogens with one attached hydrogen (secondary N) is 1. The number of anilines is 1. The van der Waals surface area contributed by atoms with Crippen LogP contribution in [0.2, 0.25) is 0 Å². The summed E-state index contributed by atoms with van der Waals surface area (Å²) in [6, 6.07) is 8.39. The zero-order chi connectivity index (χ0) is 17.9. The van der Waals surface area contributed by atoms with Gasteiger partial charge in [-0.15, -0.1) is 10.2 Å². The molecule has 4 rings (SSSR count). The van der Waals surface area contributed by atoms with Gasteiger partial charge in [0, 0.05) is 29.4 Å². The van der Waals surface area contributed by atoms with Gasteiger partial charge in [0.1, 0.15) is 15.8 Å². The Bertz CT molecular complexity index is 927. The fourth-order valence-corrected chi connectivity index (χ4v) is 4.05. The van der Waals surface area contributed by atoms with E-state index in [1.165, 1.54) is 19.3 Å². The molecule has 1 fully saturated rings. The quantitative estimate of drug-likeness (QED) is 0.723. The Morgan fingerprint density at radius 2 is 2.00 bits per heavy atom. The summed E-state index contributed by atoms with van der Waals surface area (Å²) in [5, 5.41) is 15.9. The zero-order valence-electron chi connectivity index (χ0n) is 15.0. The minimum Gasteiger partial charge on any atom is -0.343 e. The largest absolute Gasteiger partial charge is 0.343 e. The second-order valence-corrected chi connectivity index (χ2v) is 8.00. The summed E-state index contributed by atoms with van der Waals surface area (Å²) in [4.78, 5) is 6.98. The lowest BCUT2D eigenvalue weighted by molar-refractivity contribution is 0.247. The second-order valence-electron chi connectivity index (χ2n) is 6.82. The molecule has 3 aromatic rings. The Balaban J connectivity index is 1.51. The van der Waals surface area contributed by atoms with Gasteiger partial charge in [0.2, 0.25) is 0 Å². The summed E-state index contributed by atoms with van der Waals surface area (Å²) < 4.78 is 0. The number of fused-ring (bicyclic) bond motifs is 1. The molecule has 6 heteroatoms. The zero-order valence-corrected chi connectivity index (χ0v) is 15.9. The number of aromatic nitrogens is 3. The molecule has 1 saturated heterocycles. The van der Waals surface area contributed by atoms with Crippen LogP contribution in [0.15, 0.2) is 42.7 Å². The Kier molecular flexibility index (Phi) is 4.95. The van der Waals surface area contributed by atoms with Crippen LogP contribution in [0.1, 0.15) is 24.3 Å². The number of pyridine rings is 1. The van der Waals surface area contributed by atoms with Crippen LogP contribution in [0, 0.1) is 6.92 Å². The predicted molar refractivity (Wildman–Crippen MR) is 108 cm³/mol. The van der Waals surface area contributed by atoms with Crippen molar-refractivity contribution in [3.05, 3.63) is 47.7 Å². The monoisotopic (exact) mass is 365 g/mol.